The van der Waals surface area contributed by atoms with Gasteiger partial charge in [-0.15, -0.1) is 0 Å². The molecule has 0 fully saturated rings. The van der Waals surface area contributed by atoms with Crippen molar-refractivity contribution < 1.29 is 19.8 Å². The third-order valence-corrected chi connectivity index (χ3v) is 6.33. The van der Waals surface area contributed by atoms with E-state index in [0.29, 0.717) is 6.42 Å². The monoisotopic (exact) mass is 606 g/mol. The number of allylic oxidation sites excluding steroid dienone is 12. The lowest BCUT2D eigenvalue weighted by Crippen LogP contribution is -2.51. The average molecular weight is 607 g/mol. The number of anilines is 1. The highest BCUT2D eigenvalue weighted by Gasteiger charge is 2.25. The molecule has 0 radical (unpaired) electrons. The van der Waals surface area contributed by atoms with Gasteiger partial charge in [0.25, 0.3) is 5.56 Å². The molecule has 2 amide bonds. The SMILES string of the molecule is CC/C=C\C/C=C\C/C=C\C/C=C\C/C=C\C/C=C\CCC(=O)NCC(=O)Nc1nc2c(c(=O)[nH]1)=N[C@@H]([C@@H](O)[C@H](C)O)CN=2. The van der Waals surface area contributed by atoms with E-state index in [2.05, 4.69) is 98.3 Å². The highest BCUT2D eigenvalue weighted by atomic mass is 16.3. The van der Waals surface area contributed by atoms with Crippen molar-refractivity contribution in [3.8, 4) is 0 Å². The molecule has 0 aliphatic carbocycles. The van der Waals surface area contributed by atoms with Gasteiger partial charge in [-0.05, 0) is 51.9 Å². The van der Waals surface area contributed by atoms with Crippen LogP contribution in [0.5, 0.6) is 0 Å². The maximum absolute atomic E-state index is 12.4. The fourth-order valence-corrected chi connectivity index (χ4v) is 3.93. The molecule has 11 nitrogen and oxygen atoms in total. The van der Waals surface area contributed by atoms with Crippen LogP contribution in [0, 0.1) is 0 Å². The van der Waals surface area contributed by atoms with Gasteiger partial charge in [0.15, 0.2) is 10.8 Å². The number of aliphatic hydroxyl groups is 2. The molecule has 0 spiro atoms. The van der Waals surface area contributed by atoms with Crippen molar-refractivity contribution in [3.63, 3.8) is 0 Å². The van der Waals surface area contributed by atoms with Gasteiger partial charge in [0.2, 0.25) is 17.8 Å². The van der Waals surface area contributed by atoms with Gasteiger partial charge in [0.05, 0.1) is 25.2 Å². The first kappa shape index (κ1) is 36.0. The van der Waals surface area contributed by atoms with Crippen LogP contribution in [0.4, 0.5) is 5.95 Å². The normalized spacial score (nSPS) is 16.6. The molecule has 11 heteroatoms. The summed E-state index contributed by atoms with van der Waals surface area (Å²) in [4.78, 5) is 51.4. The number of aromatic amines is 1. The molecule has 1 aromatic heterocycles. The molecule has 1 aromatic rings. The number of carbonyl (C=O) groups is 2. The fourth-order valence-electron chi connectivity index (χ4n) is 3.93. The Morgan fingerprint density at radius 2 is 1.43 bits per heavy atom. The molecule has 1 aliphatic heterocycles. The Morgan fingerprint density at radius 3 is 1.98 bits per heavy atom. The molecule has 0 saturated heterocycles. The minimum atomic E-state index is -1.17. The second-order valence-electron chi connectivity index (χ2n) is 10.1. The first-order valence-electron chi connectivity index (χ1n) is 15.2. The van der Waals surface area contributed by atoms with Crippen molar-refractivity contribution in [3.05, 3.63) is 94.1 Å². The summed E-state index contributed by atoms with van der Waals surface area (Å²) < 4.78 is 0. The number of amides is 2. The molecule has 1 aliphatic rings. The fraction of sp³-hybridized carbons (Fsp3) is 0.455. The van der Waals surface area contributed by atoms with E-state index < -0.39 is 29.7 Å². The van der Waals surface area contributed by atoms with Crippen molar-refractivity contribution in [2.45, 2.75) is 83.5 Å². The van der Waals surface area contributed by atoms with Crippen molar-refractivity contribution in [1.82, 2.24) is 15.3 Å². The summed E-state index contributed by atoms with van der Waals surface area (Å²) in [5.41, 5.74) is -0.615. The molecule has 44 heavy (non-hydrogen) atoms. The van der Waals surface area contributed by atoms with Crippen LogP contribution in [0.3, 0.4) is 0 Å². The summed E-state index contributed by atoms with van der Waals surface area (Å²) in [5.74, 6) is -0.965. The Balaban J connectivity index is 1.58. The van der Waals surface area contributed by atoms with Crippen molar-refractivity contribution in [1.29, 1.82) is 0 Å². The quantitative estimate of drug-likeness (QED) is 0.152. The van der Waals surface area contributed by atoms with Gasteiger partial charge < -0.3 is 15.5 Å². The van der Waals surface area contributed by atoms with E-state index in [-0.39, 0.29) is 42.2 Å². The highest BCUT2D eigenvalue weighted by molar-refractivity contribution is 5.93. The second kappa shape index (κ2) is 21.5. The van der Waals surface area contributed by atoms with Gasteiger partial charge in [0, 0.05) is 6.42 Å². The summed E-state index contributed by atoms with van der Waals surface area (Å²) in [6.45, 7) is 3.31. The van der Waals surface area contributed by atoms with Gasteiger partial charge in [-0.1, -0.05) is 79.8 Å². The Kier molecular flexibility index (Phi) is 17.6. The molecule has 0 saturated carbocycles. The zero-order chi connectivity index (χ0) is 32.0. The first-order valence-corrected chi connectivity index (χ1v) is 15.2. The van der Waals surface area contributed by atoms with E-state index >= 15 is 0 Å². The minimum Gasteiger partial charge on any atom is -0.391 e. The number of nitrogens with zero attached hydrogens (tertiary/aromatic N) is 3. The van der Waals surface area contributed by atoms with Gasteiger partial charge in [-0.3, -0.25) is 34.7 Å². The van der Waals surface area contributed by atoms with Gasteiger partial charge in [0.1, 0.15) is 6.10 Å². The lowest BCUT2D eigenvalue weighted by atomic mass is 10.1. The van der Waals surface area contributed by atoms with Crippen LogP contribution in [0.2, 0.25) is 0 Å². The number of rotatable bonds is 19. The van der Waals surface area contributed by atoms with E-state index in [4.69, 9.17) is 0 Å². The smallest absolute Gasteiger partial charge is 0.280 e. The number of hydrogen-bond acceptors (Lipinski definition) is 8. The lowest BCUT2D eigenvalue weighted by Gasteiger charge is -2.21. The van der Waals surface area contributed by atoms with Gasteiger partial charge >= 0.3 is 0 Å². The van der Waals surface area contributed by atoms with Crippen LogP contribution >= 0.6 is 0 Å². The van der Waals surface area contributed by atoms with E-state index in [1.165, 1.54) is 6.92 Å². The molecule has 2 heterocycles. The van der Waals surface area contributed by atoms with Crippen LogP contribution < -0.4 is 27.0 Å². The zero-order valence-corrected chi connectivity index (χ0v) is 25.7. The van der Waals surface area contributed by atoms with E-state index in [1.807, 2.05) is 12.2 Å². The predicted molar refractivity (Wildman–Crippen MR) is 173 cm³/mol. The summed E-state index contributed by atoms with van der Waals surface area (Å²) in [6.07, 6.45) is 29.7. The summed E-state index contributed by atoms with van der Waals surface area (Å²) in [7, 11) is 0. The number of hydrogen-bond donors (Lipinski definition) is 5. The predicted octanol–water partition coefficient (Wildman–Crippen LogP) is 2.67. The summed E-state index contributed by atoms with van der Waals surface area (Å²) in [6, 6.07) is -0.769. The molecule has 5 N–H and O–H groups in total. The summed E-state index contributed by atoms with van der Waals surface area (Å²) in [5, 5.41) is 24.4. The molecule has 0 unspecified atom stereocenters. The summed E-state index contributed by atoms with van der Waals surface area (Å²) >= 11 is 0. The van der Waals surface area contributed by atoms with E-state index in [0.717, 1.165) is 38.5 Å². The van der Waals surface area contributed by atoms with Crippen LogP contribution in [-0.4, -0.2) is 63.3 Å². The van der Waals surface area contributed by atoms with Crippen molar-refractivity contribution in [2.24, 2.45) is 9.98 Å². The van der Waals surface area contributed by atoms with Crippen LogP contribution in [0.1, 0.15) is 65.2 Å². The highest BCUT2D eigenvalue weighted by Crippen LogP contribution is 2.05. The molecule has 238 valence electrons. The maximum Gasteiger partial charge on any atom is 0.280 e. The number of aromatic nitrogens is 2. The van der Waals surface area contributed by atoms with Crippen molar-refractivity contribution in [2.75, 3.05) is 18.4 Å². The van der Waals surface area contributed by atoms with E-state index in [9.17, 15) is 24.6 Å². The molecule has 2 rings (SSSR count). The standard InChI is InChI=1S/C33H46N6O5/c1-3-4-5-6-7-8-9-10-11-12-13-14-15-16-17-18-19-20-21-22-27(41)34-24-28(42)37-33-38-31-29(32(44)39-33)36-26(23-35-31)30(43)25(2)40/h4-5,7-8,10-11,13-14,16-17,19-20,25-26,30,40,43H,3,6,9,12,15,18,21-24H2,1-2H3,(H,34,41)(H2,35,37,38,39,42,44)/b5-4-,8-7-,11-10-,14-13-,17-16-,20-19-/t25-,26+,30-/m0/s1. The Hall–Kier alpha value is -4.22. The molecule has 3 atom stereocenters. The molecule has 0 aromatic carbocycles. The number of nitrogens with one attached hydrogen (secondary N) is 3. The number of fused-ring (bicyclic) bond motifs is 1. The molecule has 0 bridgehead atoms. The number of carbonyl (C=O) groups excluding carboxylic acids is 2. The van der Waals surface area contributed by atoms with E-state index in [1.54, 1.807) is 0 Å². The third-order valence-electron chi connectivity index (χ3n) is 6.33. The van der Waals surface area contributed by atoms with Crippen LogP contribution in [0.15, 0.2) is 87.7 Å². The average Bonchev–Trinajstić information content (AvgIpc) is 3.00. The third kappa shape index (κ3) is 14.8. The van der Waals surface area contributed by atoms with Gasteiger partial charge in [-0.25, -0.2) is 0 Å². The largest absolute Gasteiger partial charge is 0.391 e. The topological polar surface area (TPSA) is 169 Å². The van der Waals surface area contributed by atoms with Gasteiger partial charge in [-0.2, -0.15) is 4.98 Å². The van der Waals surface area contributed by atoms with Crippen LogP contribution in [-0.2, 0) is 9.59 Å². The number of H-pyrrole nitrogens is 1. The van der Waals surface area contributed by atoms with Crippen molar-refractivity contribution >= 4 is 17.8 Å². The lowest BCUT2D eigenvalue weighted by molar-refractivity contribution is -0.124. The second-order valence-corrected chi connectivity index (χ2v) is 10.1. The minimum absolute atomic E-state index is 0.0264. The van der Waals surface area contributed by atoms with Crippen LogP contribution in [0.25, 0.3) is 0 Å². The molecular weight excluding hydrogens is 560 g/mol. The first-order chi connectivity index (χ1) is 21.3. The number of aliphatic hydroxyl groups excluding tert-OH is 2. The molecular formula is C33H46N6O5. The Morgan fingerprint density at radius 1 is 0.886 bits per heavy atom. The Bertz CT molecular complexity index is 1400. The zero-order valence-electron chi connectivity index (χ0n) is 25.7. The maximum atomic E-state index is 12.4. The Labute approximate surface area is 258 Å².